The lowest BCUT2D eigenvalue weighted by Gasteiger charge is -2.35. The largest absolute Gasteiger partial charge is 0.509 e. The van der Waals surface area contributed by atoms with Gasteiger partial charge < -0.3 is 20.4 Å². The Balaban J connectivity index is 1.59. The summed E-state index contributed by atoms with van der Waals surface area (Å²) in [5.41, 5.74) is 2.74. The molecule has 4 aromatic rings. The molecule has 194 valence electrons. The Morgan fingerprint density at radius 3 is 2.39 bits per heavy atom. The average molecular weight is 547 g/mol. The van der Waals surface area contributed by atoms with Gasteiger partial charge in [-0.05, 0) is 65.6 Å². The van der Waals surface area contributed by atoms with E-state index in [1.165, 1.54) is 0 Å². The van der Waals surface area contributed by atoms with Gasteiger partial charge in [0.05, 0.1) is 17.3 Å². The number of carbonyl (C=O) groups is 1. The molecule has 2 atom stereocenters. The van der Waals surface area contributed by atoms with Crippen LogP contribution in [0.3, 0.4) is 0 Å². The second-order valence-corrected chi connectivity index (χ2v) is 10.3. The van der Waals surface area contributed by atoms with Gasteiger partial charge in [0, 0.05) is 27.8 Å². The first-order chi connectivity index (χ1) is 18.4. The van der Waals surface area contributed by atoms with Gasteiger partial charge in [0.1, 0.15) is 11.9 Å². The fourth-order valence-electron chi connectivity index (χ4n) is 4.94. The van der Waals surface area contributed by atoms with Gasteiger partial charge in [0.15, 0.2) is 0 Å². The quantitative estimate of drug-likeness (QED) is 0.166. The topological polar surface area (TPSA) is 72.8 Å². The molecule has 5 rings (SSSR count). The number of aliphatic hydroxyl groups is 2. The molecule has 7 heteroatoms. The van der Waals surface area contributed by atoms with E-state index in [9.17, 15) is 15.0 Å². The van der Waals surface area contributed by atoms with Crippen molar-refractivity contribution in [3.05, 3.63) is 117 Å². The fourth-order valence-corrected chi connectivity index (χ4v) is 5.24. The number of rotatable bonds is 7. The second kappa shape index (κ2) is 11.1. The molecule has 0 spiro atoms. The van der Waals surface area contributed by atoms with Crippen molar-refractivity contribution in [1.82, 2.24) is 0 Å². The molecule has 0 saturated heterocycles. The Labute approximate surface area is 231 Å². The number of halogens is 2. The number of benzene rings is 4. The van der Waals surface area contributed by atoms with Crippen LogP contribution in [0.4, 0.5) is 11.4 Å². The smallest absolute Gasteiger partial charge is 0.260 e. The fraction of sp³-hybridized carbons (Fsp3) is 0.194. The summed E-state index contributed by atoms with van der Waals surface area (Å²) in [5, 5.41) is 29.7. The van der Waals surface area contributed by atoms with E-state index in [1.54, 1.807) is 35.2 Å². The minimum absolute atomic E-state index is 0.0412. The summed E-state index contributed by atoms with van der Waals surface area (Å²) in [6.07, 6.45) is -0.236. The summed E-state index contributed by atoms with van der Waals surface area (Å²) in [5.74, 6) is -0.639. The van der Waals surface area contributed by atoms with E-state index in [0.717, 1.165) is 22.0 Å². The molecular formula is C31H28Cl2N2O3. The summed E-state index contributed by atoms with van der Waals surface area (Å²) in [7, 11) is 0. The molecule has 5 nitrogen and oxygen atoms in total. The van der Waals surface area contributed by atoms with E-state index in [1.807, 2.05) is 61.5 Å². The summed E-state index contributed by atoms with van der Waals surface area (Å²) >= 11 is 12.3. The maximum Gasteiger partial charge on any atom is 0.260 e. The number of hydrogen-bond donors (Lipinski definition) is 3. The third-order valence-corrected chi connectivity index (χ3v) is 7.31. The lowest BCUT2D eigenvalue weighted by atomic mass is 9.89. The maximum atomic E-state index is 13.7. The molecule has 0 saturated carbocycles. The molecule has 1 aliphatic rings. The molecule has 38 heavy (non-hydrogen) atoms. The summed E-state index contributed by atoms with van der Waals surface area (Å²) in [6.45, 7) is 2.39. The standard InChI is InChI=1S/C31H28Cl2N2O3/c1-2-15-35-27-18-23(33)12-14-25(27)29(36)28(31(35)38)30(37)26(16-19-7-10-22(32)11-8-19)34-24-13-9-20-5-3-4-6-21(20)17-24/h3-14,17-18,26,29,34,36-37H,2,15-16H2,1H3. The number of anilines is 2. The van der Waals surface area contributed by atoms with Crippen LogP contribution in [-0.4, -0.2) is 28.7 Å². The molecule has 0 bridgehead atoms. The van der Waals surface area contributed by atoms with Crippen LogP contribution in [0.25, 0.3) is 10.8 Å². The third kappa shape index (κ3) is 5.23. The van der Waals surface area contributed by atoms with Crippen LogP contribution in [0.5, 0.6) is 0 Å². The van der Waals surface area contributed by atoms with E-state index >= 15 is 0 Å². The number of aliphatic hydroxyl groups excluding tert-OH is 2. The van der Waals surface area contributed by atoms with Crippen LogP contribution in [-0.2, 0) is 11.2 Å². The Bertz CT molecular complexity index is 1520. The zero-order valence-electron chi connectivity index (χ0n) is 20.9. The van der Waals surface area contributed by atoms with Crippen molar-refractivity contribution in [2.45, 2.75) is 31.9 Å². The highest BCUT2D eigenvalue weighted by Gasteiger charge is 2.38. The summed E-state index contributed by atoms with van der Waals surface area (Å²) in [6, 6.07) is 25.7. The van der Waals surface area contributed by atoms with Gasteiger partial charge >= 0.3 is 0 Å². The Kier molecular flexibility index (Phi) is 7.61. The zero-order chi connectivity index (χ0) is 26.8. The van der Waals surface area contributed by atoms with Gasteiger partial charge in [-0.3, -0.25) is 4.79 Å². The first-order valence-electron chi connectivity index (χ1n) is 12.6. The van der Waals surface area contributed by atoms with E-state index in [0.29, 0.717) is 40.7 Å². The predicted molar refractivity (Wildman–Crippen MR) is 155 cm³/mol. The van der Waals surface area contributed by atoms with E-state index in [4.69, 9.17) is 23.2 Å². The van der Waals surface area contributed by atoms with Crippen LogP contribution >= 0.6 is 23.2 Å². The highest BCUT2D eigenvalue weighted by Crippen LogP contribution is 2.41. The molecule has 0 fully saturated rings. The third-order valence-electron chi connectivity index (χ3n) is 6.82. The van der Waals surface area contributed by atoms with Crippen molar-refractivity contribution < 1.29 is 15.0 Å². The highest BCUT2D eigenvalue weighted by molar-refractivity contribution is 6.31. The van der Waals surface area contributed by atoms with Crippen LogP contribution < -0.4 is 10.2 Å². The number of fused-ring (bicyclic) bond motifs is 2. The van der Waals surface area contributed by atoms with Gasteiger partial charge in [-0.1, -0.05) is 78.7 Å². The molecule has 2 unspecified atom stereocenters. The average Bonchev–Trinajstić information content (AvgIpc) is 2.91. The van der Waals surface area contributed by atoms with E-state index in [-0.39, 0.29) is 11.3 Å². The Hall–Kier alpha value is -3.51. The molecule has 0 aromatic heterocycles. The van der Waals surface area contributed by atoms with Crippen molar-refractivity contribution >= 4 is 51.3 Å². The molecule has 1 aliphatic heterocycles. The number of nitrogens with zero attached hydrogens (tertiary/aromatic N) is 1. The lowest BCUT2D eigenvalue weighted by Crippen LogP contribution is -2.41. The molecule has 1 heterocycles. The molecule has 0 aliphatic carbocycles. The summed E-state index contributed by atoms with van der Waals surface area (Å²) in [4.78, 5) is 15.3. The van der Waals surface area contributed by atoms with Gasteiger partial charge in [-0.15, -0.1) is 0 Å². The first kappa shape index (κ1) is 26.1. The van der Waals surface area contributed by atoms with E-state index < -0.39 is 18.1 Å². The number of hydrogen-bond acceptors (Lipinski definition) is 4. The van der Waals surface area contributed by atoms with Gasteiger partial charge in [-0.25, -0.2) is 0 Å². The molecule has 4 aromatic carbocycles. The first-order valence-corrected chi connectivity index (χ1v) is 13.3. The minimum Gasteiger partial charge on any atom is -0.509 e. The van der Waals surface area contributed by atoms with E-state index in [2.05, 4.69) is 5.32 Å². The summed E-state index contributed by atoms with van der Waals surface area (Å²) < 4.78 is 0. The number of nitrogens with one attached hydrogen (secondary N) is 1. The Morgan fingerprint density at radius 2 is 1.66 bits per heavy atom. The second-order valence-electron chi connectivity index (χ2n) is 9.45. The zero-order valence-corrected chi connectivity index (χ0v) is 22.4. The highest BCUT2D eigenvalue weighted by atomic mass is 35.5. The van der Waals surface area contributed by atoms with Crippen LogP contribution in [0.2, 0.25) is 10.0 Å². The molecular weight excluding hydrogens is 519 g/mol. The van der Waals surface area contributed by atoms with Crippen molar-refractivity contribution in [3.8, 4) is 0 Å². The molecule has 3 N–H and O–H groups in total. The van der Waals surface area contributed by atoms with Crippen molar-refractivity contribution in [1.29, 1.82) is 0 Å². The van der Waals surface area contributed by atoms with Crippen molar-refractivity contribution in [2.24, 2.45) is 0 Å². The molecule has 0 radical (unpaired) electrons. The van der Waals surface area contributed by atoms with Crippen LogP contribution in [0.15, 0.2) is 96.3 Å². The van der Waals surface area contributed by atoms with Crippen molar-refractivity contribution in [3.63, 3.8) is 0 Å². The monoisotopic (exact) mass is 546 g/mol. The predicted octanol–water partition coefficient (Wildman–Crippen LogP) is 7.47. The number of amides is 1. The molecule has 1 amide bonds. The van der Waals surface area contributed by atoms with Gasteiger partial charge in [0.25, 0.3) is 5.91 Å². The SMILES string of the molecule is CCCN1C(=O)C(=C(O)C(Cc2ccc(Cl)cc2)Nc2ccc3ccccc3c2)C(O)c2ccc(Cl)cc21. The van der Waals surface area contributed by atoms with Gasteiger partial charge in [-0.2, -0.15) is 0 Å². The minimum atomic E-state index is -1.30. The number of carbonyl (C=O) groups excluding carboxylic acids is 1. The van der Waals surface area contributed by atoms with Crippen molar-refractivity contribution in [2.75, 3.05) is 16.8 Å². The van der Waals surface area contributed by atoms with Crippen LogP contribution in [0.1, 0.15) is 30.6 Å². The van der Waals surface area contributed by atoms with Gasteiger partial charge in [0.2, 0.25) is 0 Å². The normalized spacial score (nSPS) is 17.3. The Morgan fingerprint density at radius 1 is 0.947 bits per heavy atom. The lowest BCUT2D eigenvalue weighted by molar-refractivity contribution is -0.116. The maximum absolute atomic E-state index is 13.7. The van der Waals surface area contributed by atoms with Crippen LogP contribution in [0, 0.1) is 0 Å².